The van der Waals surface area contributed by atoms with Crippen LogP contribution in [0.3, 0.4) is 0 Å². The van der Waals surface area contributed by atoms with E-state index in [0.717, 1.165) is 21.2 Å². The van der Waals surface area contributed by atoms with Crippen molar-refractivity contribution in [3.63, 3.8) is 0 Å². The molecule has 2 aromatic carbocycles. The molecule has 1 heterocycles. The predicted octanol–water partition coefficient (Wildman–Crippen LogP) is 4.65. The number of ether oxygens (including phenoxy) is 1. The second-order valence-corrected chi connectivity index (χ2v) is 5.79. The summed E-state index contributed by atoms with van der Waals surface area (Å²) in [7, 11) is 1.61. The number of thiophene rings is 1. The van der Waals surface area contributed by atoms with Gasteiger partial charge in [0.1, 0.15) is 11.9 Å². The molecule has 0 saturated carbocycles. The van der Waals surface area contributed by atoms with Crippen molar-refractivity contribution >= 4 is 33.7 Å². The number of hydrogen-bond donors (Lipinski definition) is 1. The molecule has 1 atom stereocenters. The largest absolute Gasteiger partial charge is 0.496 e. The van der Waals surface area contributed by atoms with Crippen LogP contribution < -0.4 is 4.74 Å². The smallest absolute Gasteiger partial charge is 0.125 e. The minimum Gasteiger partial charge on any atom is -0.496 e. The number of hydrogen-bond acceptors (Lipinski definition) is 3. The first-order valence-electron chi connectivity index (χ1n) is 6.19. The zero-order chi connectivity index (χ0) is 14.1. The van der Waals surface area contributed by atoms with Crippen molar-refractivity contribution in [1.82, 2.24) is 0 Å². The molecule has 3 rings (SSSR count). The van der Waals surface area contributed by atoms with E-state index in [1.807, 2.05) is 41.8 Å². The van der Waals surface area contributed by atoms with Gasteiger partial charge in [0.2, 0.25) is 0 Å². The highest BCUT2D eigenvalue weighted by atomic mass is 35.5. The van der Waals surface area contributed by atoms with Gasteiger partial charge < -0.3 is 9.84 Å². The maximum absolute atomic E-state index is 10.7. The molecule has 102 valence electrons. The SMILES string of the molecule is COc1ccc2ccccc2c1C(O)c1sccc1Cl. The van der Waals surface area contributed by atoms with E-state index in [1.165, 1.54) is 11.3 Å². The van der Waals surface area contributed by atoms with E-state index < -0.39 is 6.10 Å². The molecule has 3 aromatic rings. The Balaban J connectivity index is 2.26. The Kier molecular flexibility index (Phi) is 3.66. The third-order valence-corrected chi connectivity index (χ3v) is 4.73. The molecule has 1 aromatic heterocycles. The number of fused-ring (bicyclic) bond motifs is 1. The molecule has 0 bridgehead atoms. The summed E-state index contributed by atoms with van der Waals surface area (Å²) in [5.74, 6) is 0.667. The van der Waals surface area contributed by atoms with Gasteiger partial charge in [-0.25, -0.2) is 0 Å². The summed E-state index contributed by atoms with van der Waals surface area (Å²) in [5.41, 5.74) is 0.759. The van der Waals surface area contributed by atoms with Crippen LogP contribution in [-0.4, -0.2) is 12.2 Å². The summed E-state index contributed by atoms with van der Waals surface area (Å²) in [6.07, 6.45) is -0.788. The van der Waals surface area contributed by atoms with E-state index in [4.69, 9.17) is 16.3 Å². The van der Waals surface area contributed by atoms with Gasteiger partial charge in [0.15, 0.2) is 0 Å². The first-order chi connectivity index (χ1) is 9.72. The van der Waals surface area contributed by atoms with Gasteiger partial charge in [-0.05, 0) is 28.3 Å². The molecule has 0 spiro atoms. The highest BCUT2D eigenvalue weighted by Gasteiger charge is 2.21. The molecule has 1 N–H and O–H groups in total. The molecule has 0 saturated heterocycles. The van der Waals surface area contributed by atoms with Crippen molar-refractivity contribution in [2.75, 3.05) is 7.11 Å². The first-order valence-corrected chi connectivity index (χ1v) is 7.44. The highest BCUT2D eigenvalue weighted by Crippen LogP contribution is 2.40. The van der Waals surface area contributed by atoms with Crippen LogP contribution in [0.4, 0.5) is 0 Å². The van der Waals surface area contributed by atoms with Crippen molar-refractivity contribution in [2.45, 2.75) is 6.10 Å². The van der Waals surface area contributed by atoms with Crippen molar-refractivity contribution < 1.29 is 9.84 Å². The zero-order valence-corrected chi connectivity index (χ0v) is 12.4. The fraction of sp³-hybridized carbons (Fsp3) is 0.125. The second-order valence-electron chi connectivity index (χ2n) is 4.44. The van der Waals surface area contributed by atoms with Crippen molar-refractivity contribution in [1.29, 1.82) is 0 Å². The van der Waals surface area contributed by atoms with Crippen LogP contribution in [-0.2, 0) is 0 Å². The molecule has 0 aliphatic rings. The molecule has 0 amide bonds. The van der Waals surface area contributed by atoms with E-state index in [9.17, 15) is 5.11 Å². The average molecular weight is 305 g/mol. The number of aliphatic hydroxyl groups excluding tert-OH is 1. The molecule has 0 aliphatic heterocycles. The van der Waals surface area contributed by atoms with E-state index in [1.54, 1.807) is 13.2 Å². The number of benzene rings is 2. The van der Waals surface area contributed by atoms with Crippen molar-refractivity contribution in [2.24, 2.45) is 0 Å². The normalized spacial score (nSPS) is 12.6. The van der Waals surface area contributed by atoms with Gasteiger partial charge in [-0.1, -0.05) is 41.9 Å². The summed E-state index contributed by atoms with van der Waals surface area (Å²) in [6.45, 7) is 0. The van der Waals surface area contributed by atoms with Crippen LogP contribution in [0.1, 0.15) is 16.5 Å². The summed E-state index contributed by atoms with van der Waals surface area (Å²) >= 11 is 7.58. The lowest BCUT2D eigenvalue weighted by molar-refractivity contribution is 0.220. The van der Waals surface area contributed by atoms with Gasteiger partial charge in [-0.2, -0.15) is 0 Å². The van der Waals surface area contributed by atoms with E-state index >= 15 is 0 Å². The molecule has 0 aliphatic carbocycles. The van der Waals surface area contributed by atoms with Crippen LogP contribution in [0.5, 0.6) is 5.75 Å². The Morgan fingerprint density at radius 3 is 2.65 bits per heavy atom. The maximum Gasteiger partial charge on any atom is 0.125 e. The number of rotatable bonds is 3. The number of aliphatic hydroxyl groups is 1. The van der Waals surface area contributed by atoms with Crippen LogP contribution in [0, 0.1) is 0 Å². The van der Waals surface area contributed by atoms with Crippen molar-refractivity contribution in [3.05, 3.63) is 63.3 Å². The Hall–Kier alpha value is -1.55. The van der Waals surface area contributed by atoms with Crippen LogP contribution in [0.2, 0.25) is 5.02 Å². The minimum atomic E-state index is -0.788. The zero-order valence-electron chi connectivity index (χ0n) is 10.8. The van der Waals surface area contributed by atoms with E-state index in [-0.39, 0.29) is 0 Å². The van der Waals surface area contributed by atoms with E-state index in [2.05, 4.69) is 0 Å². The van der Waals surface area contributed by atoms with Gasteiger partial charge in [0.05, 0.1) is 17.0 Å². The Morgan fingerprint density at radius 2 is 1.95 bits per heavy atom. The standard InChI is InChI=1S/C16H13ClO2S/c1-19-13-7-6-10-4-2-3-5-11(10)14(13)15(18)16-12(17)8-9-20-16/h2-9,15,18H,1H3. The highest BCUT2D eigenvalue weighted by molar-refractivity contribution is 7.10. The van der Waals surface area contributed by atoms with Gasteiger partial charge in [0.25, 0.3) is 0 Å². The van der Waals surface area contributed by atoms with Gasteiger partial charge in [-0.15, -0.1) is 11.3 Å². The molecule has 20 heavy (non-hydrogen) atoms. The van der Waals surface area contributed by atoms with Crippen LogP contribution in [0.15, 0.2) is 47.8 Å². The minimum absolute atomic E-state index is 0.581. The molecule has 1 unspecified atom stereocenters. The number of halogens is 1. The lowest BCUT2D eigenvalue weighted by atomic mass is 9.98. The molecule has 0 fully saturated rings. The number of methoxy groups -OCH3 is 1. The molecular weight excluding hydrogens is 292 g/mol. The molecule has 4 heteroatoms. The van der Waals surface area contributed by atoms with Gasteiger partial charge in [0, 0.05) is 5.56 Å². The Labute approximate surface area is 126 Å². The summed E-state index contributed by atoms with van der Waals surface area (Å²) in [5, 5.41) is 15.2. The summed E-state index contributed by atoms with van der Waals surface area (Å²) in [4.78, 5) is 0.737. The lowest BCUT2D eigenvalue weighted by Gasteiger charge is -2.17. The maximum atomic E-state index is 10.7. The van der Waals surface area contributed by atoms with Gasteiger partial charge in [-0.3, -0.25) is 0 Å². The summed E-state index contributed by atoms with van der Waals surface area (Å²) < 4.78 is 5.41. The van der Waals surface area contributed by atoms with Gasteiger partial charge >= 0.3 is 0 Å². The predicted molar refractivity (Wildman–Crippen MR) is 83.9 cm³/mol. The topological polar surface area (TPSA) is 29.5 Å². The van der Waals surface area contributed by atoms with Crippen LogP contribution in [0.25, 0.3) is 10.8 Å². The fourth-order valence-corrected chi connectivity index (χ4v) is 3.52. The average Bonchev–Trinajstić information content (AvgIpc) is 2.91. The molecule has 2 nitrogen and oxygen atoms in total. The first kappa shape index (κ1) is 13.4. The quantitative estimate of drug-likeness (QED) is 0.763. The monoisotopic (exact) mass is 304 g/mol. The Bertz CT molecular complexity index is 751. The van der Waals surface area contributed by atoms with Crippen molar-refractivity contribution in [3.8, 4) is 5.75 Å². The molecule has 0 radical (unpaired) electrons. The second kappa shape index (κ2) is 5.44. The molecular formula is C16H13ClO2S. The fourth-order valence-electron chi connectivity index (χ4n) is 2.37. The Morgan fingerprint density at radius 1 is 1.15 bits per heavy atom. The third kappa shape index (κ3) is 2.18. The lowest BCUT2D eigenvalue weighted by Crippen LogP contribution is -2.02. The van der Waals surface area contributed by atoms with Crippen LogP contribution >= 0.6 is 22.9 Å². The van der Waals surface area contributed by atoms with E-state index in [0.29, 0.717) is 10.8 Å². The third-order valence-electron chi connectivity index (χ3n) is 3.32. The summed E-state index contributed by atoms with van der Waals surface area (Å²) in [6, 6.07) is 13.6.